The number of carboxylic acids is 1. The van der Waals surface area contributed by atoms with Crippen LogP contribution in [0.1, 0.15) is 29.6 Å². The minimum atomic E-state index is -1.37. The van der Waals surface area contributed by atoms with Crippen molar-refractivity contribution >= 4 is 17.6 Å². The molecule has 0 heterocycles. The van der Waals surface area contributed by atoms with Crippen LogP contribution in [0.2, 0.25) is 0 Å². The van der Waals surface area contributed by atoms with Gasteiger partial charge in [-0.15, -0.1) is 0 Å². The second-order valence-corrected chi connectivity index (χ2v) is 4.69. The summed E-state index contributed by atoms with van der Waals surface area (Å²) in [4.78, 5) is 22.8. The van der Waals surface area contributed by atoms with Crippen molar-refractivity contribution in [3.8, 4) is 0 Å². The van der Waals surface area contributed by atoms with Crippen LogP contribution in [0.15, 0.2) is 18.2 Å². The van der Waals surface area contributed by atoms with Gasteiger partial charge in [0.1, 0.15) is 5.82 Å². The summed E-state index contributed by atoms with van der Waals surface area (Å²) >= 11 is 0. The summed E-state index contributed by atoms with van der Waals surface area (Å²) in [6, 6.07) is 3.29. The van der Waals surface area contributed by atoms with Crippen LogP contribution in [-0.4, -0.2) is 23.0 Å². The molecule has 0 saturated heterocycles. The third-order valence-corrected chi connectivity index (χ3v) is 3.37. The zero-order valence-corrected chi connectivity index (χ0v) is 10.2. The molecule has 2 unspecified atom stereocenters. The minimum Gasteiger partial charge on any atom is -0.478 e. The first kappa shape index (κ1) is 13.5. The standard InChI is InChI=1S/C13H15FN2O3/c14-10-5-4-7(6-9(10)13(18)19)16-12(17)8-2-1-3-11(8)15/h4-6,8,11H,1-3,15H2,(H,16,17)(H,18,19). The van der Waals surface area contributed by atoms with Gasteiger partial charge in [0.05, 0.1) is 11.5 Å². The van der Waals surface area contributed by atoms with Gasteiger partial charge < -0.3 is 16.2 Å². The van der Waals surface area contributed by atoms with Gasteiger partial charge in [0, 0.05) is 11.7 Å². The largest absolute Gasteiger partial charge is 0.478 e. The monoisotopic (exact) mass is 266 g/mol. The van der Waals surface area contributed by atoms with Crippen molar-refractivity contribution in [1.82, 2.24) is 0 Å². The molecule has 1 aromatic rings. The highest BCUT2D eigenvalue weighted by molar-refractivity contribution is 5.95. The van der Waals surface area contributed by atoms with Crippen LogP contribution < -0.4 is 11.1 Å². The molecule has 0 aliphatic heterocycles. The predicted molar refractivity (Wildman–Crippen MR) is 67.3 cm³/mol. The third kappa shape index (κ3) is 2.90. The number of halogens is 1. The summed E-state index contributed by atoms with van der Waals surface area (Å²) in [6.07, 6.45) is 2.44. The Morgan fingerprint density at radius 1 is 1.37 bits per heavy atom. The number of hydrogen-bond donors (Lipinski definition) is 3. The summed E-state index contributed by atoms with van der Waals surface area (Å²) < 4.78 is 13.2. The minimum absolute atomic E-state index is 0.167. The molecule has 1 fully saturated rings. The number of nitrogens with two attached hydrogens (primary N) is 1. The van der Waals surface area contributed by atoms with Gasteiger partial charge in [-0.3, -0.25) is 4.79 Å². The Balaban J connectivity index is 2.13. The fraction of sp³-hybridized carbons (Fsp3) is 0.385. The Morgan fingerprint density at radius 3 is 2.68 bits per heavy atom. The number of carbonyl (C=O) groups is 2. The number of benzene rings is 1. The molecule has 19 heavy (non-hydrogen) atoms. The van der Waals surface area contributed by atoms with Crippen LogP contribution in [0.3, 0.4) is 0 Å². The first-order chi connectivity index (χ1) is 8.99. The summed E-state index contributed by atoms with van der Waals surface area (Å²) in [5.74, 6) is -2.71. The Hall–Kier alpha value is -1.95. The zero-order chi connectivity index (χ0) is 14.0. The number of carbonyl (C=O) groups excluding carboxylic acids is 1. The van der Waals surface area contributed by atoms with Gasteiger partial charge >= 0.3 is 5.97 Å². The zero-order valence-electron chi connectivity index (χ0n) is 10.2. The van der Waals surface area contributed by atoms with E-state index in [4.69, 9.17) is 10.8 Å². The van der Waals surface area contributed by atoms with E-state index in [-0.39, 0.29) is 23.6 Å². The van der Waals surface area contributed by atoms with Crippen LogP contribution in [0.25, 0.3) is 0 Å². The SMILES string of the molecule is NC1CCCC1C(=O)Nc1ccc(F)c(C(=O)O)c1. The van der Waals surface area contributed by atoms with E-state index in [1.54, 1.807) is 0 Å². The highest BCUT2D eigenvalue weighted by atomic mass is 19.1. The van der Waals surface area contributed by atoms with Crippen LogP contribution >= 0.6 is 0 Å². The van der Waals surface area contributed by atoms with E-state index >= 15 is 0 Å². The first-order valence-electron chi connectivity index (χ1n) is 6.08. The Labute approximate surface area is 109 Å². The number of hydrogen-bond acceptors (Lipinski definition) is 3. The normalized spacial score (nSPS) is 22.2. The Kier molecular flexibility index (Phi) is 3.80. The number of carboxylic acid groups (broad SMARTS) is 1. The Morgan fingerprint density at radius 2 is 2.11 bits per heavy atom. The molecule has 0 spiro atoms. The van der Waals surface area contributed by atoms with Gasteiger partial charge in [-0.1, -0.05) is 6.42 Å². The van der Waals surface area contributed by atoms with Crippen molar-refractivity contribution < 1.29 is 19.1 Å². The number of nitrogens with one attached hydrogen (secondary N) is 1. The van der Waals surface area contributed by atoms with E-state index in [0.717, 1.165) is 31.4 Å². The molecule has 1 aromatic carbocycles. The average molecular weight is 266 g/mol. The maximum absolute atomic E-state index is 13.2. The predicted octanol–water partition coefficient (Wildman–Crippen LogP) is 1.59. The van der Waals surface area contributed by atoms with Crippen molar-refractivity contribution in [3.05, 3.63) is 29.6 Å². The maximum atomic E-state index is 13.2. The van der Waals surface area contributed by atoms with E-state index < -0.39 is 17.3 Å². The van der Waals surface area contributed by atoms with Crippen molar-refractivity contribution in [2.75, 3.05) is 5.32 Å². The number of rotatable bonds is 3. The molecular formula is C13H15FN2O3. The van der Waals surface area contributed by atoms with Crippen LogP contribution in [0, 0.1) is 11.7 Å². The van der Waals surface area contributed by atoms with Crippen molar-refractivity contribution in [3.63, 3.8) is 0 Å². The number of anilines is 1. The maximum Gasteiger partial charge on any atom is 0.338 e. The second-order valence-electron chi connectivity index (χ2n) is 4.69. The second kappa shape index (κ2) is 5.36. The molecular weight excluding hydrogens is 251 g/mol. The van der Waals surface area contributed by atoms with E-state index in [1.165, 1.54) is 6.07 Å². The third-order valence-electron chi connectivity index (χ3n) is 3.37. The molecule has 0 bridgehead atoms. The van der Waals surface area contributed by atoms with Gasteiger partial charge in [-0.2, -0.15) is 0 Å². The van der Waals surface area contributed by atoms with Crippen LogP contribution in [-0.2, 0) is 4.79 Å². The van der Waals surface area contributed by atoms with E-state index in [0.29, 0.717) is 0 Å². The summed E-state index contributed by atoms with van der Waals surface area (Å²) in [5.41, 5.74) is 5.62. The van der Waals surface area contributed by atoms with Crippen LogP contribution in [0.4, 0.5) is 10.1 Å². The quantitative estimate of drug-likeness (QED) is 0.774. The fourth-order valence-electron chi connectivity index (χ4n) is 2.32. The first-order valence-corrected chi connectivity index (χ1v) is 6.08. The highest BCUT2D eigenvalue weighted by Crippen LogP contribution is 2.25. The molecule has 2 atom stereocenters. The van der Waals surface area contributed by atoms with Gasteiger partial charge in [0.2, 0.25) is 5.91 Å². The lowest BCUT2D eigenvalue weighted by atomic mass is 10.0. The van der Waals surface area contributed by atoms with Gasteiger partial charge in [0.25, 0.3) is 0 Å². The van der Waals surface area contributed by atoms with Gasteiger partial charge in [-0.05, 0) is 31.0 Å². The van der Waals surface area contributed by atoms with E-state index in [9.17, 15) is 14.0 Å². The molecule has 4 N–H and O–H groups in total. The number of aromatic carboxylic acids is 1. The van der Waals surface area contributed by atoms with Gasteiger partial charge in [-0.25, -0.2) is 9.18 Å². The topological polar surface area (TPSA) is 92.4 Å². The summed E-state index contributed by atoms with van der Waals surface area (Å²) in [6.45, 7) is 0. The Bertz CT molecular complexity index is 519. The van der Waals surface area contributed by atoms with Crippen molar-refractivity contribution in [2.45, 2.75) is 25.3 Å². The van der Waals surface area contributed by atoms with E-state index in [2.05, 4.69) is 5.32 Å². The lowest BCUT2D eigenvalue weighted by Crippen LogP contribution is -2.34. The number of amides is 1. The lowest BCUT2D eigenvalue weighted by molar-refractivity contribution is -0.120. The molecule has 0 radical (unpaired) electrons. The molecule has 1 saturated carbocycles. The molecule has 2 rings (SSSR count). The molecule has 1 amide bonds. The molecule has 1 aliphatic carbocycles. The van der Waals surface area contributed by atoms with Crippen LogP contribution in [0.5, 0.6) is 0 Å². The molecule has 0 aromatic heterocycles. The van der Waals surface area contributed by atoms with Gasteiger partial charge in [0.15, 0.2) is 0 Å². The van der Waals surface area contributed by atoms with E-state index in [1.807, 2.05) is 0 Å². The smallest absolute Gasteiger partial charge is 0.338 e. The summed E-state index contributed by atoms with van der Waals surface area (Å²) in [5, 5.41) is 11.4. The summed E-state index contributed by atoms with van der Waals surface area (Å²) in [7, 11) is 0. The highest BCUT2D eigenvalue weighted by Gasteiger charge is 2.30. The van der Waals surface area contributed by atoms with Crippen molar-refractivity contribution in [2.24, 2.45) is 11.7 Å². The molecule has 1 aliphatic rings. The average Bonchev–Trinajstić information content (AvgIpc) is 2.77. The lowest BCUT2D eigenvalue weighted by Gasteiger charge is -2.15. The fourth-order valence-corrected chi connectivity index (χ4v) is 2.32. The molecule has 102 valence electrons. The molecule has 6 heteroatoms. The molecule has 5 nitrogen and oxygen atoms in total. The van der Waals surface area contributed by atoms with Crippen molar-refractivity contribution in [1.29, 1.82) is 0 Å².